The number of benzene rings is 1. The standard InChI is InChI=1S/C13H11ClN4O2/c1-19-10-5-3-7-9(16-10)4-2-8(12(7)14)13-17-11(6-15)20-18-13/h2-5H,6,15H2,1H3. The molecular formula is C13H11ClN4O2. The van der Waals surface area contributed by atoms with Crippen molar-refractivity contribution in [1.82, 2.24) is 15.1 Å². The van der Waals surface area contributed by atoms with Crippen molar-refractivity contribution in [2.45, 2.75) is 6.54 Å². The first-order valence-corrected chi connectivity index (χ1v) is 6.27. The van der Waals surface area contributed by atoms with Gasteiger partial charge >= 0.3 is 0 Å². The maximum absolute atomic E-state index is 6.39. The molecule has 6 nitrogen and oxygen atoms in total. The van der Waals surface area contributed by atoms with Gasteiger partial charge in [0.1, 0.15) is 0 Å². The first kappa shape index (κ1) is 12.8. The Balaban J connectivity index is 2.15. The largest absolute Gasteiger partial charge is 0.481 e. The molecule has 0 fully saturated rings. The predicted molar refractivity (Wildman–Crippen MR) is 74.5 cm³/mol. The minimum absolute atomic E-state index is 0.191. The fourth-order valence-electron chi connectivity index (χ4n) is 1.88. The smallest absolute Gasteiger partial charge is 0.240 e. The lowest BCUT2D eigenvalue weighted by Gasteiger charge is -2.05. The molecule has 0 amide bonds. The predicted octanol–water partition coefficient (Wildman–Crippen LogP) is 2.41. The third-order valence-corrected chi connectivity index (χ3v) is 3.28. The monoisotopic (exact) mass is 290 g/mol. The Morgan fingerprint density at radius 2 is 2.10 bits per heavy atom. The van der Waals surface area contributed by atoms with E-state index in [-0.39, 0.29) is 6.54 Å². The van der Waals surface area contributed by atoms with Crippen molar-refractivity contribution in [2.75, 3.05) is 7.11 Å². The van der Waals surface area contributed by atoms with Crippen LogP contribution in [0, 0.1) is 0 Å². The fraction of sp³-hybridized carbons (Fsp3) is 0.154. The van der Waals surface area contributed by atoms with E-state index in [1.807, 2.05) is 12.1 Å². The van der Waals surface area contributed by atoms with E-state index in [9.17, 15) is 0 Å². The van der Waals surface area contributed by atoms with E-state index in [4.69, 9.17) is 26.6 Å². The fourth-order valence-corrected chi connectivity index (χ4v) is 2.19. The summed E-state index contributed by atoms with van der Waals surface area (Å²) < 4.78 is 10.1. The van der Waals surface area contributed by atoms with Crippen LogP contribution in [0.15, 0.2) is 28.8 Å². The average molecular weight is 291 g/mol. The van der Waals surface area contributed by atoms with Crippen LogP contribution in [0.3, 0.4) is 0 Å². The van der Waals surface area contributed by atoms with Crippen LogP contribution in [0.4, 0.5) is 0 Å². The average Bonchev–Trinajstić information content (AvgIpc) is 2.96. The number of aromatic nitrogens is 3. The summed E-state index contributed by atoms with van der Waals surface area (Å²) in [5, 5.41) is 5.17. The summed E-state index contributed by atoms with van der Waals surface area (Å²) in [6.07, 6.45) is 0. The molecule has 0 radical (unpaired) electrons. The second-order valence-corrected chi connectivity index (χ2v) is 4.44. The first-order valence-electron chi connectivity index (χ1n) is 5.89. The SMILES string of the molecule is COc1ccc2c(Cl)c(-c3noc(CN)n3)ccc2n1. The Hall–Kier alpha value is -2.18. The van der Waals surface area contributed by atoms with Crippen molar-refractivity contribution < 1.29 is 9.26 Å². The number of pyridine rings is 1. The van der Waals surface area contributed by atoms with Crippen LogP contribution < -0.4 is 10.5 Å². The summed E-state index contributed by atoms with van der Waals surface area (Å²) in [6.45, 7) is 0.191. The molecule has 1 aromatic carbocycles. The number of methoxy groups -OCH3 is 1. The second kappa shape index (κ2) is 5.07. The molecule has 2 heterocycles. The Morgan fingerprint density at radius 1 is 1.25 bits per heavy atom. The number of hydrogen-bond donors (Lipinski definition) is 1. The topological polar surface area (TPSA) is 87.1 Å². The molecule has 0 spiro atoms. The van der Waals surface area contributed by atoms with Crippen LogP contribution in [0.25, 0.3) is 22.3 Å². The van der Waals surface area contributed by atoms with Gasteiger partial charge in [0.2, 0.25) is 17.6 Å². The van der Waals surface area contributed by atoms with E-state index < -0.39 is 0 Å². The van der Waals surface area contributed by atoms with Crippen LogP contribution in [0.5, 0.6) is 5.88 Å². The molecule has 0 saturated carbocycles. The van der Waals surface area contributed by atoms with E-state index in [2.05, 4.69) is 15.1 Å². The Bertz CT molecular complexity index is 772. The van der Waals surface area contributed by atoms with Crippen LogP contribution in [-0.2, 0) is 6.54 Å². The van der Waals surface area contributed by atoms with Gasteiger partial charge in [0.05, 0.1) is 24.2 Å². The maximum atomic E-state index is 6.39. The van der Waals surface area contributed by atoms with Crippen molar-refractivity contribution in [3.8, 4) is 17.3 Å². The van der Waals surface area contributed by atoms with Crippen LogP contribution in [0.2, 0.25) is 5.02 Å². The van der Waals surface area contributed by atoms with Crippen molar-refractivity contribution >= 4 is 22.5 Å². The minimum atomic E-state index is 0.191. The Morgan fingerprint density at radius 3 is 2.80 bits per heavy atom. The van der Waals surface area contributed by atoms with Gasteiger partial charge in [-0.05, 0) is 18.2 Å². The number of nitrogens with zero attached hydrogens (tertiary/aromatic N) is 3. The van der Waals surface area contributed by atoms with Gasteiger partial charge in [0, 0.05) is 17.0 Å². The molecule has 2 N–H and O–H groups in total. The molecule has 0 unspecified atom stereocenters. The van der Waals surface area contributed by atoms with Crippen LogP contribution >= 0.6 is 11.6 Å². The number of hydrogen-bond acceptors (Lipinski definition) is 6. The lowest BCUT2D eigenvalue weighted by Crippen LogP contribution is -1.95. The lowest BCUT2D eigenvalue weighted by atomic mass is 10.1. The molecule has 7 heteroatoms. The molecule has 3 aromatic rings. The number of fused-ring (bicyclic) bond motifs is 1. The van der Waals surface area contributed by atoms with Gasteiger partial charge in [-0.1, -0.05) is 16.8 Å². The summed E-state index contributed by atoms with van der Waals surface area (Å²) in [6, 6.07) is 7.22. The molecular weight excluding hydrogens is 280 g/mol. The summed E-state index contributed by atoms with van der Waals surface area (Å²) in [5.74, 6) is 1.31. The summed E-state index contributed by atoms with van der Waals surface area (Å²) >= 11 is 6.39. The van der Waals surface area contributed by atoms with Gasteiger partial charge in [-0.25, -0.2) is 4.98 Å². The van der Waals surface area contributed by atoms with Crippen molar-refractivity contribution in [3.63, 3.8) is 0 Å². The summed E-state index contributed by atoms with van der Waals surface area (Å²) in [4.78, 5) is 8.49. The molecule has 0 aliphatic heterocycles. The molecule has 0 atom stereocenters. The van der Waals surface area contributed by atoms with Crippen LogP contribution in [0.1, 0.15) is 5.89 Å². The first-order chi connectivity index (χ1) is 9.72. The number of rotatable bonds is 3. The van der Waals surface area contributed by atoms with Gasteiger partial charge < -0.3 is 15.0 Å². The third kappa shape index (κ3) is 2.09. The maximum Gasteiger partial charge on any atom is 0.240 e. The van der Waals surface area contributed by atoms with Crippen molar-refractivity contribution in [2.24, 2.45) is 5.73 Å². The highest BCUT2D eigenvalue weighted by Gasteiger charge is 2.14. The Kier molecular flexibility index (Phi) is 3.25. The minimum Gasteiger partial charge on any atom is -0.481 e. The van der Waals surface area contributed by atoms with Gasteiger partial charge in [-0.3, -0.25) is 0 Å². The zero-order chi connectivity index (χ0) is 14.1. The van der Waals surface area contributed by atoms with E-state index in [1.54, 1.807) is 19.2 Å². The third-order valence-electron chi connectivity index (χ3n) is 2.87. The Labute approximate surface area is 119 Å². The highest BCUT2D eigenvalue weighted by Crippen LogP contribution is 2.33. The van der Waals surface area contributed by atoms with Crippen LogP contribution in [-0.4, -0.2) is 22.2 Å². The molecule has 3 rings (SSSR count). The molecule has 0 aliphatic carbocycles. The number of nitrogens with two attached hydrogens (primary N) is 1. The lowest BCUT2D eigenvalue weighted by molar-refractivity contribution is 0.380. The van der Waals surface area contributed by atoms with Gasteiger partial charge in [-0.15, -0.1) is 0 Å². The van der Waals surface area contributed by atoms with E-state index in [0.29, 0.717) is 28.2 Å². The highest BCUT2D eigenvalue weighted by atomic mass is 35.5. The van der Waals surface area contributed by atoms with E-state index in [1.165, 1.54) is 0 Å². The number of ether oxygens (including phenoxy) is 1. The summed E-state index contributed by atoms with van der Waals surface area (Å²) in [5.41, 5.74) is 6.86. The number of halogens is 1. The summed E-state index contributed by atoms with van der Waals surface area (Å²) in [7, 11) is 1.57. The highest BCUT2D eigenvalue weighted by molar-refractivity contribution is 6.38. The zero-order valence-electron chi connectivity index (χ0n) is 10.6. The molecule has 0 bridgehead atoms. The molecule has 102 valence electrons. The quantitative estimate of drug-likeness (QED) is 0.797. The molecule has 20 heavy (non-hydrogen) atoms. The molecule has 0 aliphatic rings. The van der Waals surface area contributed by atoms with Gasteiger partial charge in [-0.2, -0.15) is 4.98 Å². The second-order valence-electron chi connectivity index (χ2n) is 4.06. The molecule has 0 saturated heterocycles. The zero-order valence-corrected chi connectivity index (χ0v) is 11.4. The van der Waals surface area contributed by atoms with Crippen molar-refractivity contribution in [1.29, 1.82) is 0 Å². The van der Waals surface area contributed by atoms with Gasteiger partial charge in [0.15, 0.2) is 0 Å². The van der Waals surface area contributed by atoms with Gasteiger partial charge in [0.25, 0.3) is 0 Å². The van der Waals surface area contributed by atoms with Crippen molar-refractivity contribution in [3.05, 3.63) is 35.2 Å². The normalized spacial score (nSPS) is 10.9. The molecule has 2 aromatic heterocycles. The van der Waals surface area contributed by atoms with E-state index in [0.717, 1.165) is 10.9 Å². The van der Waals surface area contributed by atoms with E-state index >= 15 is 0 Å².